The molecule has 0 unspecified atom stereocenters. The maximum atomic E-state index is 14.3. The molecule has 3 aromatic carbocycles. The molecule has 3 heterocycles. The number of likely N-dealkylation sites (tertiary alicyclic amines) is 1. The van der Waals surface area contributed by atoms with Crippen LogP contribution in [0.4, 0.5) is 5.69 Å². The minimum absolute atomic E-state index is 0.0750. The number of carbonyl (C=O) groups excluding carboxylic acids is 4. The first-order chi connectivity index (χ1) is 25.2. The van der Waals surface area contributed by atoms with E-state index in [4.69, 9.17) is 10.5 Å². The Balaban J connectivity index is 1.16. The van der Waals surface area contributed by atoms with E-state index in [1.54, 1.807) is 34.0 Å². The van der Waals surface area contributed by atoms with E-state index in [-0.39, 0.29) is 56.9 Å². The molecule has 4 aromatic rings. The number of nitrogens with one attached hydrogen (secondary N) is 2. The van der Waals surface area contributed by atoms with E-state index in [1.807, 2.05) is 92.0 Å². The van der Waals surface area contributed by atoms with E-state index in [9.17, 15) is 19.2 Å². The third-order valence-electron chi connectivity index (χ3n) is 10.0. The Morgan fingerprint density at radius 1 is 0.923 bits per heavy atom. The quantitative estimate of drug-likeness (QED) is 0.191. The zero-order valence-corrected chi connectivity index (χ0v) is 29.6. The number of hydrogen-bond donors (Lipinski definition) is 3. The number of aryl methyl sites for hydroxylation is 1. The maximum absolute atomic E-state index is 14.3. The molecule has 1 aromatic heterocycles. The Morgan fingerprint density at radius 3 is 2.23 bits per heavy atom. The van der Waals surface area contributed by atoms with Crippen molar-refractivity contribution >= 4 is 29.3 Å². The summed E-state index contributed by atoms with van der Waals surface area (Å²) in [6.07, 6.45) is 4.53. The Kier molecular flexibility index (Phi) is 11.2. The fraction of sp³-hybridized carbons (Fsp3) is 0.359. The first-order valence-corrected chi connectivity index (χ1v) is 17.5. The average molecular weight is 707 g/mol. The molecule has 4 N–H and O–H groups in total. The van der Waals surface area contributed by atoms with Crippen LogP contribution in [-0.2, 0) is 45.6 Å². The van der Waals surface area contributed by atoms with E-state index in [0.29, 0.717) is 25.1 Å². The molecule has 4 amide bonds. The van der Waals surface area contributed by atoms with E-state index < -0.39 is 23.5 Å². The van der Waals surface area contributed by atoms with Gasteiger partial charge < -0.3 is 40.4 Å². The minimum Gasteiger partial charge on any atom is -0.497 e. The third kappa shape index (κ3) is 8.10. The summed E-state index contributed by atoms with van der Waals surface area (Å²) in [4.78, 5) is 64.5. The van der Waals surface area contributed by atoms with Crippen molar-refractivity contribution in [1.82, 2.24) is 30.0 Å². The molecular formula is C39H46N8O5. The number of ether oxygens (including phenoxy) is 1. The molecule has 52 heavy (non-hydrogen) atoms. The summed E-state index contributed by atoms with van der Waals surface area (Å²) in [5, 5.41) is 5.87. The molecular weight excluding hydrogens is 660 g/mol. The van der Waals surface area contributed by atoms with E-state index in [0.717, 1.165) is 22.5 Å². The number of piperidine rings is 1. The SMILES string of the molecule is COc1ccc(C[C@@H](NC(=O)[C@@H](N)Cc2cncn2C)C(=O)N2CCC3(CC2)C(=O)N(CC(=O)NCc2ccccc2)CN3c2ccccc2)cc1. The van der Waals surface area contributed by atoms with Crippen LogP contribution in [0, 0.1) is 0 Å². The highest BCUT2D eigenvalue weighted by Crippen LogP contribution is 2.39. The van der Waals surface area contributed by atoms with Crippen molar-refractivity contribution in [1.29, 1.82) is 0 Å². The molecule has 2 aliphatic rings. The van der Waals surface area contributed by atoms with Crippen LogP contribution in [0.15, 0.2) is 97.5 Å². The van der Waals surface area contributed by atoms with Gasteiger partial charge in [-0.3, -0.25) is 19.2 Å². The normalized spacial score (nSPS) is 16.4. The average Bonchev–Trinajstić information content (AvgIpc) is 3.69. The summed E-state index contributed by atoms with van der Waals surface area (Å²) in [7, 11) is 3.42. The lowest BCUT2D eigenvalue weighted by Crippen LogP contribution is -2.60. The summed E-state index contributed by atoms with van der Waals surface area (Å²) in [5.41, 5.74) is 8.88. The molecule has 6 rings (SSSR count). The van der Waals surface area contributed by atoms with Crippen LogP contribution < -0.4 is 26.0 Å². The Hall–Kier alpha value is -5.69. The van der Waals surface area contributed by atoms with Gasteiger partial charge in [0, 0.05) is 57.1 Å². The van der Waals surface area contributed by atoms with Gasteiger partial charge in [0.05, 0.1) is 26.1 Å². The number of nitrogens with zero attached hydrogens (tertiary/aromatic N) is 5. The Labute approximate surface area is 303 Å². The second kappa shape index (κ2) is 16.1. The van der Waals surface area contributed by atoms with Crippen molar-refractivity contribution in [2.75, 3.05) is 38.3 Å². The van der Waals surface area contributed by atoms with Crippen LogP contribution in [-0.4, -0.2) is 94.0 Å². The van der Waals surface area contributed by atoms with Crippen molar-refractivity contribution in [3.05, 3.63) is 114 Å². The number of carbonyl (C=O) groups is 4. The van der Waals surface area contributed by atoms with Gasteiger partial charge in [-0.25, -0.2) is 4.98 Å². The number of anilines is 1. The smallest absolute Gasteiger partial charge is 0.250 e. The summed E-state index contributed by atoms with van der Waals surface area (Å²) in [6.45, 7) is 1.12. The molecule has 2 fully saturated rings. The molecule has 0 aliphatic carbocycles. The van der Waals surface area contributed by atoms with Crippen molar-refractivity contribution in [2.45, 2.75) is 49.9 Å². The van der Waals surface area contributed by atoms with Gasteiger partial charge in [0.25, 0.3) is 5.91 Å². The molecule has 0 bridgehead atoms. The van der Waals surface area contributed by atoms with Gasteiger partial charge in [0.2, 0.25) is 17.7 Å². The molecule has 1 spiro atoms. The Bertz CT molecular complexity index is 1840. The zero-order chi connectivity index (χ0) is 36.7. The first kappa shape index (κ1) is 36.1. The number of benzene rings is 3. The lowest BCUT2D eigenvalue weighted by atomic mass is 9.85. The molecule has 2 atom stereocenters. The monoisotopic (exact) mass is 706 g/mol. The third-order valence-corrected chi connectivity index (χ3v) is 10.0. The molecule has 13 heteroatoms. The van der Waals surface area contributed by atoms with Crippen LogP contribution in [0.25, 0.3) is 0 Å². The minimum atomic E-state index is -0.933. The zero-order valence-electron chi connectivity index (χ0n) is 29.6. The number of nitrogens with two attached hydrogens (primary N) is 1. The predicted octanol–water partition coefficient (Wildman–Crippen LogP) is 2.01. The van der Waals surface area contributed by atoms with Crippen molar-refractivity contribution in [2.24, 2.45) is 12.8 Å². The highest BCUT2D eigenvalue weighted by Gasteiger charge is 2.54. The number of amides is 4. The van der Waals surface area contributed by atoms with Crippen molar-refractivity contribution in [3.63, 3.8) is 0 Å². The summed E-state index contributed by atoms with van der Waals surface area (Å²) in [6, 6.07) is 24.9. The van der Waals surface area contributed by atoms with Crippen LogP contribution in [0.2, 0.25) is 0 Å². The topological polar surface area (TPSA) is 155 Å². The van der Waals surface area contributed by atoms with Crippen molar-refractivity contribution in [3.8, 4) is 5.75 Å². The highest BCUT2D eigenvalue weighted by atomic mass is 16.5. The number of aromatic nitrogens is 2. The van der Waals surface area contributed by atoms with Crippen LogP contribution in [0.3, 0.4) is 0 Å². The molecule has 272 valence electrons. The van der Waals surface area contributed by atoms with Gasteiger partial charge in [-0.05, 0) is 48.2 Å². The fourth-order valence-corrected chi connectivity index (χ4v) is 7.04. The number of imidazole rings is 1. The predicted molar refractivity (Wildman–Crippen MR) is 196 cm³/mol. The number of para-hydroxylation sites is 1. The van der Waals surface area contributed by atoms with E-state index in [1.165, 1.54) is 0 Å². The van der Waals surface area contributed by atoms with Crippen LogP contribution in [0.5, 0.6) is 5.75 Å². The second-order valence-corrected chi connectivity index (χ2v) is 13.4. The maximum Gasteiger partial charge on any atom is 0.250 e. The van der Waals surface area contributed by atoms with E-state index >= 15 is 0 Å². The number of methoxy groups -OCH3 is 1. The molecule has 0 saturated carbocycles. The van der Waals surface area contributed by atoms with Gasteiger partial charge >= 0.3 is 0 Å². The fourth-order valence-electron chi connectivity index (χ4n) is 7.04. The summed E-state index contributed by atoms with van der Waals surface area (Å²) >= 11 is 0. The lowest BCUT2D eigenvalue weighted by Gasteiger charge is -2.44. The molecule has 2 aliphatic heterocycles. The standard InChI is InChI=1S/C39H46N8O5/c1-44-26-41-24-31(44)22-33(40)36(49)43-34(21-28-13-15-32(52-2)16-14-28)37(50)45-19-17-39(18-20-45)38(51)46(27-47(39)30-11-7-4-8-12-30)25-35(48)42-23-29-9-5-3-6-10-29/h3-16,24,26,33-34H,17-23,25,27,40H2,1-2H3,(H,42,48)(H,43,49)/t33-,34+/m0/s1. The molecule has 0 radical (unpaired) electrons. The van der Waals surface area contributed by atoms with Gasteiger partial charge in [-0.2, -0.15) is 0 Å². The number of rotatable bonds is 13. The Morgan fingerprint density at radius 2 is 1.60 bits per heavy atom. The van der Waals surface area contributed by atoms with Gasteiger partial charge in [0.1, 0.15) is 23.9 Å². The largest absolute Gasteiger partial charge is 0.497 e. The van der Waals surface area contributed by atoms with Crippen LogP contribution in [0.1, 0.15) is 29.7 Å². The van der Waals surface area contributed by atoms with Gasteiger partial charge in [-0.15, -0.1) is 0 Å². The van der Waals surface area contributed by atoms with E-state index in [2.05, 4.69) is 20.5 Å². The molecule has 2 saturated heterocycles. The van der Waals surface area contributed by atoms with Crippen LogP contribution >= 0.6 is 0 Å². The van der Waals surface area contributed by atoms with Gasteiger partial charge in [-0.1, -0.05) is 60.7 Å². The highest BCUT2D eigenvalue weighted by molar-refractivity contribution is 5.97. The summed E-state index contributed by atoms with van der Waals surface area (Å²) in [5.74, 6) is -0.386. The molecule has 13 nitrogen and oxygen atoms in total. The summed E-state index contributed by atoms with van der Waals surface area (Å²) < 4.78 is 7.10. The first-order valence-electron chi connectivity index (χ1n) is 17.5. The second-order valence-electron chi connectivity index (χ2n) is 13.4. The lowest BCUT2D eigenvalue weighted by molar-refractivity contribution is -0.141. The number of hydrogen-bond acceptors (Lipinski definition) is 8. The van der Waals surface area contributed by atoms with Gasteiger partial charge in [0.15, 0.2) is 0 Å². The van der Waals surface area contributed by atoms with Crippen molar-refractivity contribution < 1.29 is 23.9 Å².